The Morgan fingerprint density at radius 2 is 1.91 bits per heavy atom. The van der Waals surface area contributed by atoms with Crippen molar-refractivity contribution >= 4 is 11.8 Å². The van der Waals surface area contributed by atoms with E-state index in [1.54, 1.807) is 31.3 Å². The van der Waals surface area contributed by atoms with Crippen LogP contribution in [-0.4, -0.2) is 47.9 Å². The number of aliphatic hydroxyl groups excluding tert-OH is 1. The Labute approximate surface area is 128 Å². The van der Waals surface area contributed by atoms with Gasteiger partial charge in [-0.25, -0.2) is 5.48 Å². The van der Waals surface area contributed by atoms with E-state index in [-0.39, 0.29) is 0 Å². The lowest BCUT2D eigenvalue weighted by atomic mass is 10.1. The molecule has 1 aromatic carbocycles. The van der Waals surface area contributed by atoms with E-state index in [1.807, 2.05) is 0 Å². The van der Waals surface area contributed by atoms with Gasteiger partial charge in [-0.1, -0.05) is 11.8 Å². The highest BCUT2D eigenvalue weighted by molar-refractivity contribution is 5.97. The third-order valence-electron chi connectivity index (χ3n) is 2.81. The van der Waals surface area contributed by atoms with Gasteiger partial charge in [-0.2, -0.15) is 0 Å². The molecule has 7 nitrogen and oxygen atoms in total. The molecule has 0 bridgehead atoms. The van der Waals surface area contributed by atoms with Crippen LogP contribution in [0.4, 0.5) is 0 Å². The Kier molecular flexibility index (Phi) is 7.05. The summed E-state index contributed by atoms with van der Waals surface area (Å²) in [5, 5.41) is 23.3. The number of amides is 2. The van der Waals surface area contributed by atoms with Gasteiger partial charge in [-0.3, -0.25) is 14.8 Å². The van der Waals surface area contributed by atoms with Crippen LogP contribution in [0.3, 0.4) is 0 Å². The molecule has 1 rings (SSSR count). The predicted octanol–water partition coefficient (Wildman–Crippen LogP) is -0.758. The normalized spacial score (nSPS) is 12.5. The Morgan fingerprint density at radius 3 is 2.41 bits per heavy atom. The highest BCUT2D eigenvalue weighted by Crippen LogP contribution is 2.04. The van der Waals surface area contributed by atoms with Crippen molar-refractivity contribution in [2.45, 2.75) is 19.1 Å². The van der Waals surface area contributed by atoms with Crippen molar-refractivity contribution in [1.29, 1.82) is 0 Å². The summed E-state index contributed by atoms with van der Waals surface area (Å²) in [5.74, 6) is 4.38. The summed E-state index contributed by atoms with van der Waals surface area (Å²) in [6.07, 6.45) is -1.15. The van der Waals surface area contributed by atoms with E-state index >= 15 is 0 Å². The van der Waals surface area contributed by atoms with E-state index in [2.05, 4.69) is 22.5 Å². The maximum atomic E-state index is 12.0. The number of hydrogen-bond acceptors (Lipinski definition) is 5. The fourth-order valence-electron chi connectivity index (χ4n) is 1.64. The maximum absolute atomic E-state index is 12.0. The van der Waals surface area contributed by atoms with Crippen LogP contribution in [0, 0.1) is 11.8 Å². The zero-order valence-electron chi connectivity index (χ0n) is 12.4. The second kappa shape index (κ2) is 8.79. The van der Waals surface area contributed by atoms with Crippen LogP contribution in [0.5, 0.6) is 0 Å². The fraction of sp³-hybridized carbons (Fsp3) is 0.333. The molecule has 0 heterocycles. The van der Waals surface area contributed by atoms with E-state index in [9.17, 15) is 14.7 Å². The smallest absolute Gasteiger partial charge is 0.268 e. The SMILES string of the molecule is CNCC#Cc1ccc(C(=O)NC(C(=O)NO)C(C)O)cc1. The number of hydrogen-bond donors (Lipinski definition) is 5. The molecule has 5 N–H and O–H groups in total. The molecule has 2 unspecified atom stereocenters. The number of carbonyl (C=O) groups is 2. The van der Waals surface area contributed by atoms with E-state index < -0.39 is 24.0 Å². The van der Waals surface area contributed by atoms with Gasteiger partial charge in [0.25, 0.3) is 11.8 Å². The summed E-state index contributed by atoms with van der Waals surface area (Å²) >= 11 is 0. The Bertz CT molecular complexity index is 573. The average molecular weight is 305 g/mol. The minimum Gasteiger partial charge on any atom is -0.391 e. The van der Waals surface area contributed by atoms with Gasteiger partial charge in [0.15, 0.2) is 0 Å². The summed E-state index contributed by atoms with van der Waals surface area (Å²) in [4.78, 5) is 23.4. The monoisotopic (exact) mass is 305 g/mol. The first-order valence-electron chi connectivity index (χ1n) is 6.66. The molecule has 0 saturated heterocycles. The van der Waals surface area contributed by atoms with Crippen molar-refractivity contribution in [2.24, 2.45) is 0 Å². The first-order valence-corrected chi connectivity index (χ1v) is 6.66. The van der Waals surface area contributed by atoms with Gasteiger partial charge in [0.05, 0.1) is 12.6 Å². The van der Waals surface area contributed by atoms with Crippen molar-refractivity contribution < 1.29 is 19.9 Å². The maximum Gasteiger partial charge on any atom is 0.268 e. The highest BCUT2D eigenvalue weighted by atomic mass is 16.5. The lowest BCUT2D eigenvalue weighted by molar-refractivity contribution is -0.133. The van der Waals surface area contributed by atoms with Crippen LogP contribution >= 0.6 is 0 Å². The molecule has 0 aromatic heterocycles. The largest absolute Gasteiger partial charge is 0.391 e. The van der Waals surface area contributed by atoms with Gasteiger partial charge in [-0.15, -0.1) is 0 Å². The molecule has 0 aliphatic heterocycles. The van der Waals surface area contributed by atoms with Crippen molar-refractivity contribution in [3.63, 3.8) is 0 Å². The average Bonchev–Trinajstić information content (AvgIpc) is 2.52. The van der Waals surface area contributed by atoms with E-state index in [0.29, 0.717) is 12.1 Å². The standard InChI is InChI=1S/C15H19N3O4/c1-10(19)13(15(21)18-22)17-14(20)12-7-5-11(6-8-12)4-3-9-16-2/h5-8,10,13,16,19,22H,9H2,1-2H3,(H,17,20)(H,18,21). The Hall–Kier alpha value is -2.40. The Balaban J connectivity index is 2.77. The second-order valence-electron chi connectivity index (χ2n) is 4.58. The quantitative estimate of drug-likeness (QED) is 0.279. The molecule has 0 fully saturated rings. The van der Waals surface area contributed by atoms with Crippen LogP contribution < -0.4 is 16.1 Å². The molecule has 2 atom stereocenters. The minimum absolute atomic E-state index is 0.315. The predicted molar refractivity (Wildman–Crippen MR) is 80.1 cm³/mol. The molecule has 7 heteroatoms. The number of nitrogens with one attached hydrogen (secondary N) is 3. The van der Waals surface area contributed by atoms with Gasteiger partial charge in [0, 0.05) is 11.1 Å². The summed E-state index contributed by atoms with van der Waals surface area (Å²) in [5.41, 5.74) is 2.47. The molecule has 0 aliphatic carbocycles. The zero-order valence-corrected chi connectivity index (χ0v) is 12.4. The summed E-state index contributed by atoms with van der Waals surface area (Å²) in [6, 6.07) is 5.25. The first kappa shape index (κ1) is 17.7. The van der Waals surface area contributed by atoms with Crippen molar-refractivity contribution in [3.05, 3.63) is 35.4 Å². The molecule has 0 radical (unpaired) electrons. The third-order valence-corrected chi connectivity index (χ3v) is 2.81. The van der Waals surface area contributed by atoms with Gasteiger partial charge in [-0.05, 0) is 38.2 Å². The second-order valence-corrected chi connectivity index (χ2v) is 4.58. The van der Waals surface area contributed by atoms with Gasteiger partial charge < -0.3 is 15.7 Å². The molecule has 0 spiro atoms. The van der Waals surface area contributed by atoms with Crippen LogP contribution in [0.2, 0.25) is 0 Å². The van der Waals surface area contributed by atoms with Crippen molar-refractivity contribution in [3.8, 4) is 11.8 Å². The van der Waals surface area contributed by atoms with Crippen molar-refractivity contribution in [2.75, 3.05) is 13.6 Å². The molecule has 2 amide bonds. The van der Waals surface area contributed by atoms with Crippen molar-refractivity contribution in [1.82, 2.24) is 16.1 Å². The molecule has 1 aromatic rings. The van der Waals surface area contributed by atoms with Gasteiger partial charge >= 0.3 is 0 Å². The molecule has 118 valence electrons. The summed E-state index contributed by atoms with van der Waals surface area (Å²) in [6.45, 7) is 1.90. The van der Waals surface area contributed by atoms with Crippen LogP contribution in [-0.2, 0) is 4.79 Å². The summed E-state index contributed by atoms with van der Waals surface area (Å²) < 4.78 is 0. The fourth-order valence-corrected chi connectivity index (χ4v) is 1.64. The number of carbonyl (C=O) groups excluding carboxylic acids is 2. The lowest BCUT2D eigenvalue weighted by Gasteiger charge is -2.19. The first-order chi connectivity index (χ1) is 10.5. The van der Waals surface area contributed by atoms with Gasteiger partial charge in [0.1, 0.15) is 6.04 Å². The molecular formula is C15H19N3O4. The number of hydroxylamine groups is 1. The number of aliphatic hydroxyl groups is 1. The van der Waals surface area contributed by atoms with E-state index in [4.69, 9.17) is 5.21 Å². The molecule has 0 aliphatic rings. The van der Waals surface area contributed by atoms with E-state index in [1.165, 1.54) is 12.4 Å². The number of rotatable bonds is 5. The van der Waals surface area contributed by atoms with E-state index in [0.717, 1.165) is 5.56 Å². The molecular weight excluding hydrogens is 286 g/mol. The minimum atomic E-state index is -1.24. The summed E-state index contributed by atoms with van der Waals surface area (Å²) in [7, 11) is 1.79. The number of benzene rings is 1. The Morgan fingerprint density at radius 1 is 1.27 bits per heavy atom. The lowest BCUT2D eigenvalue weighted by Crippen LogP contribution is -2.51. The van der Waals surface area contributed by atoms with Gasteiger partial charge in [0.2, 0.25) is 0 Å². The van der Waals surface area contributed by atoms with Crippen LogP contribution in [0.25, 0.3) is 0 Å². The highest BCUT2D eigenvalue weighted by Gasteiger charge is 2.25. The third kappa shape index (κ3) is 5.18. The van der Waals surface area contributed by atoms with Crippen LogP contribution in [0.1, 0.15) is 22.8 Å². The molecule has 0 saturated carbocycles. The van der Waals surface area contributed by atoms with Crippen LogP contribution in [0.15, 0.2) is 24.3 Å². The zero-order chi connectivity index (χ0) is 16.5. The topological polar surface area (TPSA) is 111 Å². The molecule has 22 heavy (non-hydrogen) atoms.